The van der Waals surface area contributed by atoms with Crippen molar-refractivity contribution in [2.45, 2.75) is 26.2 Å². The van der Waals surface area contributed by atoms with Crippen molar-refractivity contribution < 1.29 is 0 Å². The molecular weight excluding hydrogens is 314 g/mol. The molecule has 0 amide bonds. The smallest absolute Gasteiger partial charge is 0.152 e. The Hall–Kier alpha value is -2.70. The monoisotopic (exact) mass is 337 g/mol. The Labute approximate surface area is 147 Å². The van der Waals surface area contributed by atoms with Crippen LogP contribution >= 0.6 is 0 Å². The Morgan fingerprint density at radius 2 is 1.96 bits per heavy atom. The molecule has 0 saturated carbocycles. The average molecular weight is 337 g/mol. The Kier molecular flexibility index (Phi) is 3.78. The maximum atomic E-state index is 4.41. The zero-order valence-electron chi connectivity index (χ0n) is 14.8. The maximum absolute atomic E-state index is 4.41. The van der Waals surface area contributed by atoms with Crippen LogP contribution in [0.15, 0.2) is 36.8 Å². The molecule has 4 heterocycles. The van der Waals surface area contributed by atoms with Crippen LogP contribution in [0.1, 0.15) is 26.5 Å². The van der Waals surface area contributed by atoms with Crippen molar-refractivity contribution in [2.24, 2.45) is 5.92 Å². The molecule has 0 bridgehead atoms. The second-order valence-corrected chi connectivity index (χ2v) is 7.62. The minimum Gasteiger partial charge on any atom is -0.368 e. The summed E-state index contributed by atoms with van der Waals surface area (Å²) in [5.74, 6) is 2.42. The summed E-state index contributed by atoms with van der Waals surface area (Å²) in [6.07, 6.45) is 5.40. The van der Waals surface area contributed by atoms with E-state index in [1.807, 2.05) is 16.8 Å². The summed E-state index contributed by atoms with van der Waals surface area (Å²) in [6.45, 7) is 9.31. The van der Waals surface area contributed by atoms with Gasteiger partial charge in [0.1, 0.15) is 5.52 Å². The van der Waals surface area contributed by atoms with Crippen molar-refractivity contribution in [1.29, 1.82) is 0 Å². The molecule has 0 atom stereocenters. The van der Waals surface area contributed by atoms with E-state index in [1.165, 1.54) is 0 Å². The summed E-state index contributed by atoms with van der Waals surface area (Å²) in [6, 6.07) is 6.12. The highest BCUT2D eigenvalue weighted by Gasteiger charge is 2.28. The van der Waals surface area contributed by atoms with Crippen molar-refractivity contribution in [2.75, 3.05) is 29.9 Å². The first kappa shape index (κ1) is 15.8. The van der Waals surface area contributed by atoms with Gasteiger partial charge in [0.25, 0.3) is 0 Å². The summed E-state index contributed by atoms with van der Waals surface area (Å²) in [5.41, 5.74) is 2.06. The Morgan fingerprint density at radius 1 is 1.12 bits per heavy atom. The molecule has 0 aliphatic carbocycles. The van der Waals surface area contributed by atoms with Gasteiger partial charge >= 0.3 is 0 Å². The van der Waals surface area contributed by atoms with Crippen LogP contribution in [-0.2, 0) is 5.41 Å². The fourth-order valence-corrected chi connectivity index (χ4v) is 3.01. The number of anilines is 2. The van der Waals surface area contributed by atoms with E-state index in [4.69, 9.17) is 0 Å². The van der Waals surface area contributed by atoms with Gasteiger partial charge in [-0.3, -0.25) is 0 Å². The normalized spacial score (nSPS) is 15.4. The second kappa shape index (κ2) is 5.98. The number of fused-ring (bicyclic) bond motifs is 1. The van der Waals surface area contributed by atoms with Crippen LogP contribution in [0, 0.1) is 5.92 Å². The summed E-state index contributed by atoms with van der Waals surface area (Å²) in [5, 5.41) is 16.4. The molecule has 7 heteroatoms. The Bertz CT molecular complexity index is 857. The molecular formula is C18H23N7. The molecule has 3 aromatic heterocycles. The topological polar surface area (TPSA) is 71.2 Å². The molecule has 0 aromatic carbocycles. The van der Waals surface area contributed by atoms with Crippen LogP contribution in [0.4, 0.5) is 11.6 Å². The predicted octanol–water partition coefficient (Wildman–Crippen LogP) is 2.37. The minimum atomic E-state index is 0.0363. The van der Waals surface area contributed by atoms with Gasteiger partial charge in [0, 0.05) is 43.4 Å². The van der Waals surface area contributed by atoms with E-state index in [0.717, 1.165) is 42.5 Å². The van der Waals surface area contributed by atoms with Gasteiger partial charge in [-0.2, -0.15) is 10.2 Å². The molecule has 130 valence electrons. The third-order valence-corrected chi connectivity index (χ3v) is 4.58. The van der Waals surface area contributed by atoms with E-state index >= 15 is 0 Å². The lowest BCUT2D eigenvalue weighted by molar-refractivity contribution is 0.424. The summed E-state index contributed by atoms with van der Waals surface area (Å²) >= 11 is 0. The molecule has 0 spiro atoms. The molecule has 1 N–H and O–H groups in total. The van der Waals surface area contributed by atoms with Crippen LogP contribution in [0.5, 0.6) is 0 Å². The molecule has 3 aromatic rings. The maximum Gasteiger partial charge on any atom is 0.152 e. The standard InChI is InChI=1S/C18H23N7/c1-18(2,3)15-4-5-16(23-22-15)24-11-13(12-24)10-20-17-14-6-7-21-25(14)9-8-19-17/h4-9,13H,10-12H2,1-3H3,(H,19,20). The number of nitrogens with one attached hydrogen (secondary N) is 1. The molecule has 0 unspecified atom stereocenters. The van der Waals surface area contributed by atoms with Gasteiger partial charge < -0.3 is 10.2 Å². The molecule has 7 nitrogen and oxygen atoms in total. The van der Waals surface area contributed by atoms with Gasteiger partial charge in [-0.05, 0) is 18.2 Å². The zero-order valence-corrected chi connectivity index (χ0v) is 14.8. The summed E-state index contributed by atoms with van der Waals surface area (Å²) in [4.78, 5) is 6.67. The van der Waals surface area contributed by atoms with E-state index in [0.29, 0.717) is 5.92 Å². The van der Waals surface area contributed by atoms with E-state index in [1.54, 1.807) is 12.4 Å². The second-order valence-electron chi connectivity index (χ2n) is 7.62. The fourth-order valence-electron chi connectivity index (χ4n) is 3.01. The highest BCUT2D eigenvalue weighted by molar-refractivity contribution is 5.66. The van der Waals surface area contributed by atoms with E-state index in [9.17, 15) is 0 Å². The highest BCUT2D eigenvalue weighted by atomic mass is 15.3. The van der Waals surface area contributed by atoms with E-state index < -0.39 is 0 Å². The third kappa shape index (κ3) is 3.14. The van der Waals surface area contributed by atoms with Crippen LogP contribution in [-0.4, -0.2) is 44.4 Å². The van der Waals surface area contributed by atoms with Gasteiger partial charge in [-0.25, -0.2) is 9.50 Å². The lowest BCUT2D eigenvalue weighted by Crippen LogP contribution is -2.50. The van der Waals surface area contributed by atoms with Crippen LogP contribution in [0.2, 0.25) is 0 Å². The first-order valence-corrected chi connectivity index (χ1v) is 8.62. The molecule has 4 rings (SSSR count). The average Bonchev–Trinajstić information content (AvgIpc) is 3.02. The number of nitrogens with zero attached hydrogens (tertiary/aromatic N) is 6. The number of hydrogen-bond donors (Lipinski definition) is 1. The van der Waals surface area contributed by atoms with Crippen LogP contribution in [0.3, 0.4) is 0 Å². The molecule has 25 heavy (non-hydrogen) atoms. The lowest BCUT2D eigenvalue weighted by atomic mass is 9.92. The number of rotatable bonds is 4. The highest BCUT2D eigenvalue weighted by Crippen LogP contribution is 2.25. The first-order valence-electron chi connectivity index (χ1n) is 8.62. The molecule has 1 saturated heterocycles. The minimum absolute atomic E-state index is 0.0363. The van der Waals surface area contributed by atoms with Gasteiger partial charge in [0.05, 0.1) is 11.9 Å². The SMILES string of the molecule is CC(C)(C)c1ccc(N2CC(CNc3nccn4nccc34)C2)nn1. The molecule has 1 aliphatic rings. The Balaban J connectivity index is 1.33. The molecule has 1 fully saturated rings. The number of hydrogen-bond acceptors (Lipinski definition) is 6. The van der Waals surface area contributed by atoms with E-state index in [-0.39, 0.29) is 5.41 Å². The van der Waals surface area contributed by atoms with Crippen molar-refractivity contribution >= 4 is 17.2 Å². The molecule has 0 radical (unpaired) electrons. The van der Waals surface area contributed by atoms with Gasteiger partial charge in [0.2, 0.25) is 0 Å². The lowest BCUT2D eigenvalue weighted by Gasteiger charge is -2.40. The van der Waals surface area contributed by atoms with E-state index in [2.05, 4.69) is 63.4 Å². The predicted molar refractivity (Wildman–Crippen MR) is 97.9 cm³/mol. The van der Waals surface area contributed by atoms with Crippen LogP contribution in [0.25, 0.3) is 5.52 Å². The van der Waals surface area contributed by atoms with Crippen molar-refractivity contribution in [3.63, 3.8) is 0 Å². The first-order chi connectivity index (χ1) is 12.0. The molecule has 1 aliphatic heterocycles. The third-order valence-electron chi connectivity index (χ3n) is 4.58. The number of aromatic nitrogens is 5. The quantitative estimate of drug-likeness (QED) is 0.788. The van der Waals surface area contributed by atoms with Gasteiger partial charge in [-0.1, -0.05) is 20.8 Å². The van der Waals surface area contributed by atoms with Gasteiger partial charge in [-0.15, -0.1) is 5.10 Å². The van der Waals surface area contributed by atoms with Crippen LogP contribution < -0.4 is 10.2 Å². The largest absolute Gasteiger partial charge is 0.368 e. The summed E-state index contributed by atoms with van der Waals surface area (Å²) in [7, 11) is 0. The van der Waals surface area contributed by atoms with Crippen molar-refractivity contribution in [1.82, 2.24) is 24.8 Å². The Morgan fingerprint density at radius 3 is 2.68 bits per heavy atom. The van der Waals surface area contributed by atoms with Crippen molar-refractivity contribution in [3.05, 3.63) is 42.5 Å². The summed E-state index contributed by atoms with van der Waals surface area (Å²) < 4.78 is 1.83. The fraction of sp³-hybridized carbons (Fsp3) is 0.444. The van der Waals surface area contributed by atoms with Gasteiger partial charge in [0.15, 0.2) is 11.6 Å². The zero-order chi connectivity index (χ0) is 17.4. The van der Waals surface area contributed by atoms with Crippen molar-refractivity contribution in [3.8, 4) is 0 Å².